The fraction of sp³-hybridized carbons (Fsp3) is 0.286. The Morgan fingerprint density at radius 1 is 1.27 bits per heavy atom. The Labute approximate surface area is 127 Å². The van der Waals surface area contributed by atoms with E-state index in [0.29, 0.717) is 18.1 Å². The number of carbonyl (C=O) groups is 1. The van der Waals surface area contributed by atoms with Crippen molar-refractivity contribution in [2.45, 2.75) is 6.54 Å². The molecule has 3 aromatic rings. The quantitative estimate of drug-likeness (QED) is 0.770. The molecule has 8 nitrogen and oxygen atoms in total. The van der Waals surface area contributed by atoms with Crippen LogP contribution in [0.4, 0.5) is 5.95 Å². The Balaban J connectivity index is 1.80. The number of aromatic nitrogens is 5. The van der Waals surface area contributed by atoms with Crippen molar-refractivity contribution in [1.29, 1.82) is 0 Å². The van der Waals surface area contributed by atoms with Gasteiger partial charge in [-0.05, 0) is 0 Å². The third kappa shape index (κ3) is 2.39. The summed E-state index contributed by atoms with van der Waals surface area (Å²) in [7, 11) is 5.40. The van der Waals surface area contributed by atoms with E-state index in [2.05, 4.69) is 20.4 Å². The van der Waals surface area contributed by atoms with Crippen molar-refractivity contribution in [2.24, 2.45) is 7.05 Å². The van der Waals surface area contributed by atoms with Gasteiger partial charge in [0.25, 0.3) is 5.91 Å². The first-order valence-corrected chi connectivity index (χ1v) is 6.83. The highest BCUT2D eigenvalue weighted by Crippen LogP contribution is 2.14. The minimum Gasteiger partial charge on any atom is -0.357 e. The standard InChI is InChI=1S/C14H17N7O/c1-15-14-16-6-10(7-17-14)9-20(3)13(22)11-8-18-21-5-4-19(2)12(11)21/h4-8H,9H2,1-3H3,(H,15,16,17). The summed E-state index contributed by atoms with van der Waals surface area (Å²) in [5.74, 6) is 0.467. The zero-order valence-electron chi connectivity index (χ0n) is 12.7. The van der Waals surface area contributed by atoms with Gasteiger partial charge in [-0.15, -0.1) is 0 Å². The molecule has 0 unspecified atom stereocenters. The summed E-state index contributed by atoms with van der Waals surface area (Å²) in [6, 6.07) is 0. The van der Waals surface area contributed by atoms with E-state index in [4.69, 9.17) is 0 Å². The fourth-order valence-corrected chi connectivity index (χ4v) is 2.32. The molecule has 0 aliphatic heterocycles. The van der Waals surface area contributed by atoms with Crippen molar-refractivity contribution in [3.63, 3.8) is 0 Å². The molecule has 22 heavy (non-hydrogen) atoms. The molecule has 1 amide bonds. The number of rotatable bonds is 4. The molecule has 0 fully saturated rings. The van der Waals surface area contributed by atoms with Gasteiger partial charge in [-0.2, -0.15) is 5.10 Å². The Kier molecular flexibility index (Phi) is 3.50. The molecular formula is C14H17N7O. The van der Waals surface area contributed by atoms with Crippen LogP contribution in [0.2, 0.25) is 0 Å². The fourth-order valence-electron chi connectivity index (χ4n) is 2.32. The third-order valence-corrected chi connectivity index (χ3v) is 3.46. The van der Waals surface area contributed by atoms with E-state index in [1.54, 1.807) is 42.1 Å². The summed E-state index contributed by atoms with van der Waals surface area (Å²) in [6.07, 6.45) is 8.69. The molecule has 3 rings (SSSR count). The van der Waals surface area contributed by atoms with Gasteiger partial charge in [0.15, 0.2) is 0 Å². The maximum atomic E-state index is 12.6. The van der Waals surface area contributed by atoms with Crippen LogP contribution in [-0.4, -0.2) is 49.1 Å². The van der Waals surface area contributed by atoms with Gasteiger partial charge in [-0.25, -0.2) is 14.5 Å². The monoisotopic (exact) mass is 299 g/mol. The van der Waals surface area contributed by atoms with Gasteiger partial charge in [-0.1, -0.05) is 0 Å². The molecule has 8 heteroatoms. The molecule has 0 bridgehead atoms. The van der Waals surface area contributed by atoms with Crippen molar-refractivity contribution < 1.29 is 4.79 Å². The van der Waals surface area contributed by atoms with E-state index < -0.39 is 0 Å². The van der Waals surface area contributed by atoms with Gasteiger partial charge >= 0.3 is 0 Å². The molecule has 0 aliphatic rings. The number of aryl methyl sites for hydroxylation is 1. The van der Waals surface area contributed by atoms with Crippen LogP contribution in [0.3, 0.4) is 0 Å². The van der Waals surface area contributed by atoms with Crippen molar-refractivity contribution in [3.05, 3.63) is 42.1 Å². The number of amides is 1. The summed E-state index contributed by atoms with van der Waals surface area (Å²) in [6.45, 7) is 0.435. The first-order chi connectivity index (χ1) is 10.6. The third-order valence-electron chi connectivity index (χ3n) is 3.46. The van der Waals surface area contributed by atoms with Gasteiger partial charge in [-0.3, -0.25) is 4.79 Å². The molecule has 0 saturated carbocycles. The number of fused-ring (bicyclic) bond motifs is 1. The Bertz CT molecular complexity index is 802. The highest BCUT2D eigenvalue weighted by atomic mass is 16.2. The smallest absolute Gasteiger partial charge is 0.259 e. The number of anilines is 1. The minimum atomic E-state index is -0.0884. The number of imidazole rings is 1. The Hall–Kier alpha value is -2.90. The second kappa shape index (κ2) is 5.47. The maximum Gasteiger partial charge on any atom is 0.259 e. The maximum absolute atomic E-state index is 12.6. The van der Waals surface area contributed by atoms with Crippen LogP contribution in [0.1, 0.15) is 15.9 Å². The van der Waals surface area contributed by atoms with Crippen molar-refractivity contribution in [2.75, 3.05) is 19.4 Å². The lowest BCUT2D eigenvalue weighted by molar-refractivity contribution is 0.0786. The normalized spacial score (nSPS) is 10.9. The molecule has 0 atom stereocenters. The molecule has 1 N–H and O–H groups in total. The van der Waals surface area contributed by atoms with Gasteiger partial charge < -0.3 is 14.8 Å². The van der Waals surface area contributed by atoms with Crippen molar-refractivity contribution >= 4 is 17.5 Å². The number of hydrogen-bond acceptors (Lipinski definition) is 5. The SMILES string of the molecule is CNc1ncc(CN(C)C(=O)c2cnn3ccn(C)c23)cn1. The van der Waals surface area contributed by atoms with Gasteiger partial charge in [0.1, 0.15) is 11.2 Å². The first-order valence-electron chi connectivity index (χ1n) is 6.83. The molecule has 114 valence electrons. The molecule has 0 aromatic carbocycles. The molecular weight excluding hydrogens is 282 g/mol. The molecule has 3 aromatic heterocycles. The average Bonchev–Trinajstić information content (AvgIpc) is 3.11. The van der Waals surface area contributed by atoms with Crippen LogP contribution in [0.25, 0.3) is 5.65 Å². The van der Waals surface area contributed by atoms with E-state index in [1.165, 1.54) is 0 Å². The highest BCUT2D eigenvalue weighted by molar-refractivity contribution is 5.99. The predicted octanol–water partition coefficient (Wildman–Crippen LogP) is 0.777. The summed E-state index contributed by atoms with van der Waals surface area (Å²) in [4.78, 5) is 22.5. The lowest BCUT2D eigenvalue weighted by atomic mass is 10.2. The minimum absolute atomic E-state index is 0.0884. The largest absolute Gasteiger partial charge is 0.357 e. The van der Waals surface area contributed by atoms with Crippen LogP contribution in [-0.2, 0) is 13.6 Å². The average molecular weight is 299 g/mol. The number of carbonyl (C=O) groups excluding carboxylic acids is 1. The van der Waals surface area contributed by atoms with Crippen LogP contribution >= 0.6 is 0 Å². The predicted molar refractivity (Wildman–Crippen MR) is 81.5 cm³/mol. The van der Waals surface area contributed by atoms with E-state index in [9.17, 15) is 4.79 Å². The van der Waals surface area contributed by atoms with Gasteiger partial charge in [0, 0.05) is 58.0 Å². The van der Waals surface area contributed by atoms with Gasteiger partial charge in [0.05, 0.1) is 6.20 Å². The van der Waals surface area contributed by atoms with E-state index in [-0.39, 0.29) is 5.91 Å². The molecule has 0 spiro atoms. The Morgan fingerprint density at radius 2 is 2.00 bits per heavy atom. The van der Waals surface area contributed by atoms with Crippen molar-refractivity contribution in [1.82, 2.24) is 29.0 Å². The van der Waals surface area contributed by atoms with E-state index in [0.717, 1.165) is 11.2 Å². The summed E-state index contributed by atoms with van der Waals surface area (Å²) >= 11 is 0. The molecule has 0 radical (unpaired) electrons. The van der Waals surface area contributed by atoms with E-state index >= 15 is 0 Å². The number of hydrogen-bond donors (Lipinski definition) is 1. The molecule has 0 saturated heterocycles. The van der Waals surface area contributed by atoms with Gasteiger partial charge in [0.2, 0.25) is 5.95 Å². The van der Waals surface area contributed by atoms with Crippen LogP contribution in [0, 0.1) is 0 Å². The number of nitrogens with zero attached hydrogens (tertiary/aromatic N) is 6. The topological polar surface area (TPSA) is 80.4 Å². The van der Waals surface area contributed by atoms with Crippen molar-refractivity contribution in [3.8, 4) is 0 Å². The number of nitrogens with one attached hydrogen (secondary N) is 1. The summed E-state index contributed by atoms with van der Waals surface area (Å²) < 4.78 is 3.56. The zero-order valence-corrected chi connectivity index (χ0v) is 12.7. The van der Waals surface area contributed by atoms with Crippen LogP contribution < -0.4 is 5.32 Å². The lowest BCUT2D eigenvalue weighted by Gasteiger charge is -2.16. The Morgan fingerprint density at radius 3 is 2.68 bits per heavy atom. The first kappa shape index (κ1) is 14.1. The second-order valence-corrected chi connectivity index (χ2v) is 5.06. The summed E-state index contributed by atoms with van der Waals surface area (Å²) in [5, 5.41) is 7.05. The highest BCUT2D eigenvalue weighted by Gasteiger charge is 2.19. The summed E-state index contributed by atoms with van der Waals surface area (Å²) in [5.41, 5.74) is 2.21. The molecule has 3 heterocycles. The molecule has 0 aliphatic carbocycles. The lowest BCUT2D eigenvalue weighted by Crippen LogP contribution is -2.26. The zero-order chi connectivity index (χ0) is 15.7. The van der Waals surface area contributed by atoms with Crippen LogP contribution in [0.5, 0.6) is 0 Å². The van der Waals surface area contributed by atoms with E-state index in [1.807, 2.05) is 24.0 Å². The second-order valence-electron chi connectivity index (χ2n) is 5.06. The van der Waals surface area contributed by atoms with Crippen LogP contribution in [0.15, 0.2) is 31.0 Å².